The van der Waals surface area contributed by atoms with E-state index in [9.17, 15) is 23.7 Å². The maximum Gasteiger partial charge on any atom is 0.319 e. The number of hydrogen-bond donors (Lipinski definition) is 1. The van der Waals surface area contributed by atoms with E-state index in [0.29, 0.717) is 6.07 Å². The van der Waals surface area contributed by atoms with E-state index in [-0.39, 0.29) is 11.3 Å². The van der Waals surface area contributed by atoms with Crippen molar-refractivity contribution in [3.63, 3.8) is 0 Å². The minimum absolute atomic E-state index is 0.181. The van der Waals surface area contributed by atoms with E-state index >= 15 is 0 Å². The summed E-state index contributed by atoms with van der Waals surface area (Å²) in [5, 5.41) is 12.6. The smallest absolute Gasteiger partial charge is 0.319 e. The lowest BCUT2D eigenvalue weighted by molar-refractivity contribution is -0.385. The lowest BCUT2D eigenvalue weighted by Gasteiger charge is -2.06. The fourth-order valence-electron chi connectivity index (χ4n) is 1.61. The number of pyridine rings is 1. The molecule has 0 atom stereocenters. The van der Waals surface area contributed by atoms with Crippen molar-refractivity contribution in [1.29, 1.82) is 0 Å². The number of halogens is 3. The third-order valence-corrected chi connectivity index (χ3v) is 2.70. The molecule has 0 aliphatic carbocycles. The van der Waals surface area contributed by atoms with Gasteiger partial charge in [-0.2, -0.15) is 0 Å². The molecule has 6 nitrogen and oxygen atoms in total. The summed E-state index contributed by atoms with van der Waals surface area (Å²) in [5.41, 5.74) is -1.24. The first-order chi connectivity index (χ1) is 9.88. The van der Waals surface area contributed by atoms with Gasteiger partial charge in [0.15, 0.2) is 0 Å². The van der Waals surface area contributed by atoms with Crippen molar-refractivity contribution in [3.05, 3.63) is 62.9 Å². The molecule has 1 N–H and O–H groups in total. The number of amides is 1. The van der Waals surface area contributed by atoms with Crippen LogP contribution in [0.4, 0.5) is 20.2 Å². The predicted octanol–water partition coefficient (Wildman–Crippen LogP) is 3.17. The van der Waals surface area contributed by atoms with Crippen LogP contribution in [0.15, 0.2) is 30.5 Å². The van der Waals surface area contributed by atoms with E-state index in [2.05, 4.69) is 10.3 Å². The molecule has 1 aromatic carbocycles. The van der Waals surface area contributed by atoms with Crippen molar-refractivity contribution in [1.82, 2.24) is 4.98 Å². The highest BCUT2D eigenvalue weighted by atomic mass is 35.5. The molecule has 1 heterocycles. The topological polar surface area (TPSA) is 85.1 Å². The zero-order valence-corrected chi connectivity index (χ0v) is 10.9. The van der Waals surface area contributed by atoms with Crippen LogP contribution in [-0.2, 0) is 0 Å². The van der Waals surface area contributed by atoms with Crippen LogP contribution < -0.4 is 5.32 Å². The van der Waals surface area contributed by atoms with Crippen molar-refractivity contribution >= 4 is 28.9 Å². The van der Waals surface area contributed by atoms with Gasteiger partial charge in [-0.3, -0.25) is 14.9 Å². The highest BCUT2D eigenvalue weighted by Crippen LogP contribution is 2.26. The summed E-state index contributed by atoms with van der Waals surface area (Å²) in [6, 6.07) is 3.45. The molecule has 0 bridgehead atoms. The Labute approximate surface area is 121 Å². The Kier molecular flexibility index (Phi) is 4.08. The quantitative estimate of drug-likeness (QED) is 0.536. The maximum absolute atomic E-state index is 13.0. The van der Waals surface area contributed by atoms with E-state index in [1.54, 1.807) is 0 Å². The normalized spacial score (nSPS) is 10.2. The summed E-state index contributed by atoms with van der Waals surface area (Å²) in [6.45, 7) is 0. The molecule has 0 saturated carbocycles. The molecule has 0 radical (unpaired) electrons. The van der Waals surface area contributed by atoms with Gasteiger partial charge in [0.25, 0.3) is 5.91 Å². The van der Waals surface area contributed by atoms with Crippen molar-refractivity contribution in [2.24, 2.45) is 0 Å². The number of carbonyl (C=O) groups excluding carboxylic acids is 1. The van der Waals surface area contributed by atoms with Crippen LogP contribution in [0.2, 0.25) is 5.15 Å². The van der Waals surface area contributed by atoms with Gasteiger partial charge in [0.1, 0.15) is 17.2 Å². The molecule has 21 heavy (non-hydrogen) atoms. The number of hydrogen-bond acceptors (Lipinski definition) is 4. The van der Waals surface area contributed by atoms with E-state index < -0.39 is 33.3 Å². The van der Waals surface area contributed by atoms with Gasteiger partial charge in [-0.05, 0) is 18.2 Å². The molecule has 0 fully saturated rings. The largest absolute Gasteiger partial charge is 0.322 e. The molecule has 0 aliphatic heterocycles. The number of nitro groups is 1. The number of nitrogens with one attached hydrogen (secondary N) is 1. The molecule has 1 amide bonds. The molecular formula is C12H6ClF2N3O3. The zero-order valence-electron chi connectivity index (χ0n) is 10.1. The van der Waals surface area contributed by atoms with Crippen LogP contribution in [0.3, 0.4) is 0 Å². The molecule has 108 valence electrons. The predicted molar refractivity (Wildman–Crippen MR) is 70.2 cm³/mol. The molecule has 2 rings (SSSR count). The maximum atomic E-state index is 13.0. The first-order valence-corrected chi connectivity index (χ1v) is 5.82. The minimum Gasteiger partial charge on any atom is -0.322 e. The highest BCUT2D eigenvalue weighted by molar-refractivity contribution is 6.32. The summed E-state index contributed by atoms with van der Waals surface area (Å²) >= 11 is 5.57. The van der Waals surface area contributed by atoms with Crippen LogP contribution in [0.1, 0.15) is 10.4 Å². The number of benzene rings is 1. The Morgan fingerprint density at radius 1 is 1.29 bits per heavy atom. The standard InChI is InChI=1S/C12H6ClF2N3O3/c13-11-10(18(20)21)9(1-2-16-11)12(19)17-8-4-6(14)3-7(15)5-8/h1-5H,(H,17,19). The lowest BCUT2D eigenvalue weighted by atomic mass is 10.2. The fraction of sp³-hybridized carbons (Fsp3) is 0. The third kappa shape index (κ3) is 3.29. The summed E-state index contributed by atoms with van der Waals surface area (Å²) in [7, 11) is 0. The van der Waals surface area contributed by atoms with Crippen LogP contribution in [0, 0.1) is 21.7 Å². The number of carbonyl (C=O) groups is 1. The van der Waals surface area contributed by atoms with Crippen molar-refractivity contribution in [2.45, 2.75) is 0 Å². The lowest BCUT2D eigenvalue weighted by Crippen LogP contribution is -2.14. The van der Waals surface area contributed by atoms with Gasteiger partial charge in [-0.15, -0.1) is 0 Å². The Balaban J connectivity index is 2.37. The van der Waals surface area contributed by atoms with Gasteiger partial charge in [-0.1, -0.05) is 11.6 Å². The summed E-state index contributed by atoms with van der Waals surface area (Å²) in [4.78, 5) is 25.5. The van der Waals surface area contributed by atoms with Crippen LogP contribution >= 0.6 is 11.6 Å². The van der Waals surface area contributed by atoms with Crippen molar-refractivity contribution in [3.8, 4) is 0 Å². The third-order valence-electron chi connectivity index (χ3n) is 2.43. The van der Waals surface area contributed by atoms with Gasteiger partial charge < -0.3 is 5.32 Å². The average molecular weight is 314 g/mol. The minimum atomic E-state index is -0.934. The molecule has 1 aromatic heterocycles. The molecule has 0 aliphatic rings. The fourth-order valence-corrected chi connectivity index (χ4v) is 1.84. The van der Waals surface area contributed by atoms with E-state index in [0.717, 1.165) is 24.4 Å². The second-order valence-electron chi connectivity index (χ2n) is 3.87. The number of anilines is 1. The number of aromatic nitrogens is 1. The molecule has 9 heteroatoms. The average Bonchev–Trinajstić information content (AvgIpc) is 2.36. The highest BCUT2D eigenvalue weighted by Gasteiger charge is 2.25. The Morgan fingerprint density at radius 2 is 1.90 bits per heavy atom. The van der Waals surface area contributed by atoms with E-state index in [1.807, 2.05) is 0 Å². The van der Waals surface area contributed by atoms with Gasteiger partial charge >= 0.3 is 5.69 Å². The molecule has 0 saturated heterocycles. The van der Waals surface area contributed by atoms with Crippen LogP contribution in [-0.4, -0.2) is 15.8 Å². The van der Waals surface area contributed by atoms with Crippen molar-refractivity contribution < 1.29 is 18.5 Å². The Hall–Kier alpha value is -2.61. The van der Waals surface area contributed by atoms with E-state index in [1.165, 1.54) is 0 Å². The monoisotopic (exact) mass is 313 g/mol. The van der Waals surface area contributed by atoms with E-state index in [4.69, 9.17) is 11.6 Å². The van der Waals surface area contributed by atoms with Crippen LogP contribution in [0.5, 0.6) is 0 Å². The number of nitrogens with zero attached hydrogens (tertiary/aromatic N) is 2. The van der Waals surface area contributed by atoms with Crippen LogP contribution in [0.25, 0.3) is 0 Å². The second kappa shape index (κ2) is 5.80. The molecule has 0 unspecified atom stereocenters. The van der Waals surface area contributed by atoms with Gasteiger partial charge in [-0.25, -0.2) is 13.8 Å². The molecule has 2 aromatic rings. The molecular weight excluding hydrogens is 308 g/mol. The van der Waals surface area contributed by atoms with Gasteiger partial charge in [0.05, 0.1) is 4.92 Å². The second-order valence-corrected chi connectivity index (χ2v) is 4.23. The Bertz CT molecular complexity index is 719. The Morgan fingerprint density at radius 3 is 2.48 bits per heavy atom. The summed E-state index contributed by atoms with van der Waals surface area (Å²) < 4.78 is 26.0. The number of rotatable bonds is 3. The molecule has 0 spiro atoms. The van der Waals surface area contributed by atoms with Gasteiger partial charge in [0, 0.05) is 18.0 Å². The zero-order chi connectivity index (χ0) is 15.6. The first-order valence-electron chi connectivity index (χ1n) is 5.45. The first kappa shape index (κ1) is 14.8. The van der Waals surface area contributed by atoms with Crippen molar-refractivity contribution in [2.75, 3.05) is 5.32 Å². The van der Waals surface area contributed by atoms with Gasteiger partial charge in [0.2, 0.25) is 5.15 Å². The SMILES string of the molecule is O=C(Nc1cc(F)cc(F)c1)c1ccnc(Cl)c1[N+](=O)[O-]. The summed E-state index contributed by atoms with van der Waals surface area (Å²) in [6.07, 6.45) is 1.11. The summed E-state index contributed by atoms with van der Waals surface area (Å²) in [5.74, 6) is -2.73.